The maximum Gasteiger partial charge on any atom is 0.338 e. The van der Waals surface area contributed by atoms with Crippen molar-refractivity contribution in [2.24, 2.45) is 0 Å². The molecule has 0 unspecified atom stereocenters. The minimum absolute atomic E-state index is 0.163. The highest BCUT2D eigenvalue weighted by atomic mass is 127. The number of hydrogen-bond donors (Lipinski definition) is 0. The van der Waals surface area contributed by atoms with Crippen molar-refractivity contribution in [3.63, 3.8) is 0 Å². The second kappa shape index (κ2) is 8.27. The fourth-order valence-electron chi connectivity index (χ4n) is 1.93. The molecule has 6 heteroatoms. The third-order valence-electron chi connectivity index (χ3n) is 3.29. The van der Waals surface area contributed by atoms with Crippen LogP contribution in [0.25, 0.3) is 11.1 Å². The standard InChI is InChI=1S/C20H16FIO4/c1-11(2)19(23)25-14-6-7-15(17(22)10-14)13-5-8-18(16(21)9-13)26-20(24)12(3)4/h5-10H,1,3H2,2,4H3. The summed E-state index contributed by atoms with van der Waals surface area (Å²) in [6.07, 6.45) is 0. The molecule has 0 amide bonds. The molecule has 2 aromatic rings. The van der Waals surface area contributed by atoms with Crippen LogP contribution in [0.2, 0.25) is 0 Å². The van der Waals surface area contributed by atoms with Gasteiger partial charge in [0.05, 0.1) is 0 Å². The highest BCUT2D eigenvalue weighted by Crippen LogP contribution is 2.31. The van der Waals surface area contributed by atoms with Gasteiger partial charge in [-0.3, -0.25) is 0 Å². The molecule has 0 aromatic heterocycles. The number of benzene rings is 2. The van der Waals surface area contributed by atoms with Crippen molar-refractivity contribution in [3.8, 4) is 22.6 Å². The van der Waals surface area contributed by atoms with E-state index in [1.54, 1.807) is 31.2 Å². The van der Waals surface area contributed by atoms with Crippen molar-refractivity contribution in [2.45, 2.75) is 13.8 Å². The molecule has 4 nitrogen and oxygen atoms in total. The summed E-state index contributed by atoms with van der Waals surface area (Å²) in [5, 5.41) is 0. The molecule has 0 aliphatic carbocycles. The average Bonchev–Trinajstić information content (AvgIpc) is 2.56. The fraction of sp³-hybridized carbons (Fsp3) is 0.100. The van der Waals surface area contributed by atoms with Crippen molar-refractivity contribution in [1.29, 1.82) is 0 Å². The van der Waals surface area contributed by atoms with Crippen LogP contribution < -0.4 is 9.47 Å². The summed E-state index contributed by atoms with van der Waals surface area (Å²) >= 11 is 2.07. The maximum absolute atomic E-state index is 14.2. The van der Waals surface area contributed by atoms with Crippen LogP contribution >= 0.6 is 22.6 Å². The molecule has 2 rings (SSSR count). The molecule has 0 atom stereocenters. The van der Waals surface area contributed by atoms with Crippen molar-refractivity contribution < 1.29 is 23.5 Å². The quantitative estimate of drug-likeness (QED) is 0.268. The van der Waals surface area contributed by atoms with E-state index >= 15 is 0 Å². The van der Waals surface area contributed by atoms with Crippen molar-refractivity contribution in [3.05, 3.63) is 70.1 Å². The van der Waals surface area contributed by atoms with Gasteiger partial charge in [0.1, 0.15) is 5.75 Å². The van der Waals surface area contributed by atoms with Gasteiger partial charge in [0.25, 0.3) is 0 Å². The Kier molecular flexibility index (Phi) is 6.31. The second-order valence-electron chi connectivity index (χ2n) is 5.63. The number of hydrogen-bond acceptors (Lipinski definition) is 4. The Labute approximate surface area is 164 Å². The molecular weight excluding hydrogens is 450 g/mol. The smallest absolute Gasteiger partial charge is 0.338 e. The average molecular weight is 466 g/mol. The van der Waals surface area contributed by atoms with Crippen LogP contribution in [-0.4, -0.2) is 11.9 Å². The SMILES string of the molecule is C=C(C)C(=O)Oc1ccc(-c2ccc(OC(=O)C(=C)C)c(F)c2)c(I)c1. The molecule has 0 saturated heterocycles. The number of halogens is 2. The van der Waals surface area contributed by atoms with Crippen LogP contribution in [-0.2, 0) is 9.59 Å². The molecule has 0 aliphatic heterocycles. The van der Waals surface area contributed by atoms with Gasteiger partial charge in [-0.2, -0.15) is 0 Å². The zero-order chi connectivity index (χ0) is 19.4. The van der Waals surface area contributed by atoms with Gasteiger partial charge in [0, 0.05) is 14.7 Å². The van der Waals surface area contributed by atoms with E-state index in [-0.39, 0.29) is 11.3 Å². The van der Waals surface area contributed by atoms with Crippen LogP contribution in [0, 0.1) is 9.39 Å². The molecule has 134 valence electrons. The monoisotopic (exact) mass is 466 g/mol. The number of rotatable bonds is 5. The van der Waals surface area contributed by atoms with E-state index in [1.165, 1.54) is 19.1 Å². The Balaban J connectivity index is 2.27. The molecule has 0 heterocycles. The summed E-state index contributed by atoms with van der Waals surface area (Å²) in [6, 6.07) is 9.31. The molecule has 0 aliphatic rings. The van der Waals surface area contributed by atoms with Gasteiger partial charge in [-0.1, -0.05) is 19.2 Å². The van der Waals surface area contributed by atoms with Crippen LogP contribution in [0.15, 0.2) is 60.7 Å². The third-order valence-corrected chi connectivity index (χ3v) is 4.19. The molecule has 0 N–H and O–H groups in total. The first-order chi connectivity index (χ1) is 12.2. The lowest BCUT2D eigenvalue weighted by Crippen LogP contribution is -2.09. The minimum atomic E-state index is -0.685. The summed E-state index contributed by atoms with van der Waals surface area (Å²) in [4.78, 5) is 23.1. The van der Waals surface area contributed by atoms with E-state index < -0.39 is 17.8 Å². The minimum Gasteiger partial charge on any atom is -0.423 e. The highest BCUT2D eigenvalue weighted by Gasteiger charge is 2.13. The number of esters is 2. The first-order valence-corrected chi connectivity index (χ1v) is 8.61. The lowest BCUT2D eigenvalue weighted by molar-refractivity contribution is -0.131. The van der Waals surface area contributed by atoms with Gasteiger partial charge in [-0.25, -0.2) is 14.0 Å². The van der Waals surface area contributed by atoms with Crippen molar-refractivity contribution in [1.82, 2.24) is 0 Å². The molecule has 0 fully saturated rings. The van der Waals surface area contributed by atoms with E-state index in [9.17, 15) is 14.0 Å². The van der Waals surface area contributed by atoms with E-state index in [0.717, 1.165) is 9.13 Å². The largest absolute Gasteiger partial charge is 0.423 e. The third kappa shape index (κ3) is 4.78. The zero-order valence-corrected chi connectivity index (χ0v) is 16.4. The second-order valence-corrected chi connectivity index (χ2v) is 6.79. The first-order valence-electron chi connectivity index (χ1n) is 7.54. The Hall–Kier alpha value is -2.48. The number of carbonyl (C=O) groups is 2. The van der Waals surface area contributed by atoms with Gasteiger partial charge in [-0.05, 0) is 77.9 Å². The number of ether oxygens (including phenoxy) is 2. The molecule has 26 heavy (non-hydrogen) atoms. The lowest BCUT2D eigenvalue weighted by atomic mass is 10.1. The Bertz CT molecular complexity index is 918. The van der Waals surface area contributed by atoms with Gasteiger partial charge in [0.15, 0.2) is 11.6 Å². The van der Waals surface area contributed by atoms with Crippen LogP contribution in [0.1, 0.15) is 13.8 Å². The Morgan fingerprint density at radius 3 is 2.12 bits per heavy atom. The Morgan fingerprint density at radius 1 is 0.962 bits per heavy atom. The van der Waals surface area contributed by atoms with E-state index in [2.05, 4.69) is 35.7 Å². The molecule has 0 saturated carbocycles. The summed E-state index contributed by atoms with van der Waals surface area (Å²) in [6.45, 7) is 10.0. The van der Waals surface area contributed by atoms with Crippen molar-refractivity contribution in [2.75, 3.05) is 0 Å². The van der Waals surface area contributed by atoms with E-state index in [1.807, 2.05) is 0 Å². The van der Waals surface area contributed by atoms with Gasteiger partial charge in [-0.15, -0.1) is 0 Å². The van der Waals surface area contributed by atoms with Crippen LogP contribution in [0.5, 0.6) is 11.5 Å². The molecule has 0 bridgehead atoms. The molecule has 0 radical (unpaired) electrons. The number of carbonyl (C=O) groups excluding carboxylic acids is 2. The van der Waals surface area contributed by atoms with Crippen LogP contribution in [0.3, 0.4) is 0 Å². The zero-order valence-electron chi connectivity index (χ0n) is 14.3. The van der Waals surface area contributed by atoms with Gasteiger partial charge >= 0.3 is 11.9 Å². The fourth-order valence-corrected chi connectivity index (χ4v) is 2.72. The Morgan fingerprint density at radius 2 is 1.58 bits per heavy atom. The summed E-state index contributed by atoms with van der Waals surface area (Å²) < 4.78 is 25.1. The summed E-state index contributed by atoms with van der Waals surface area (Å²) in [5.74, 6) is -1.65. The van der Waals surface area contributed by atoms with Crippen LogP contribution in [0.4, 0.5) is 4.39 Å². The maximum atomic E-state index is 14.2. The molecule has 2 aromatic carbocycles. The summed E-state index contributed by atoms with van der Waals surface area (Å²) in [7, 11) is 0. The van der Waals surface area contributed by atoms with E-state index in [0.29, 0.717) is 16.9 Å². The first kappa shape index (κ1) is 19.8. The van der Waals surface area contributed by atoms with Crippen molar-refractivity contribution >= 4 is 34.5 Å². The topological polar surface area (TPSA) is 52.6 Å². The van der Waals surface area contributed by atoms with E-state index in [4.69, 9.17) is 9.47 Å². The predicted octanol–water partition coefficient (Wildman–Crippen LogP) is 5.06. The predicted molar refractivity (Wildman–Crippen MR) is 105 cm³/mol. The summed E-state index contributed by atoms with van der Waals surface area (Å²) in [5.41, 5.74) is 1.83. The van der Waals surface area contributed by atoms with Gasteiger partial charge in [0.2, 0.25) is 0 Å². The molecular formula is C20H16FIO4. The van der Waals surface area contributed by atoms with Gasteiger partial charge < -0.3 is 9.47 Å². The normalized spacial score (nSPS) is 10.2. The highest BCUT2D eigenvalue weighted by molar-refractivity contribution is 14.1. The lowest BCUT2D eigenvalue weighted by Gasteiger charge is -2.10. The molecule has 0 spiro atoms.